The van der Waals surface area contributed by atoms with E-state index in [0.717, 1.165) is 30.6 Å². The zero-order chi connectivity index (χ0) is 25.0. The average molecular weight is 559 g/mol. The first-order chi connectivity index (χ1) is 16.7. The van der Waals surface area contributed by atoms with Crippen LogP contribution in [0, 0.1) is 13.8 Å². The van der Waals surface area contributed by atoms with Crippen LogP contribution in [0.4, 0.5) is 11.4 Å². The Morgan fingerprint density at radius 2 is 1.77 bits per heavy atom. The van der Waals surface area contributed by atoms with Crippen molar-refractivity contribution in [1.29, 1.82) is 0 Å². The molecule has 7 nitrogen and oxygen atoms in total. The van der Waals surface area contributed by atoms with Crippen LogP contribution in [0.2, 0.25) is 0 Å². The van der Waals surface area contributed by atoms with Gasteiger partial charge >= 0.3 is 0 Å². The van der Waals surface area contributed by atoms with Gasteiger partial charge in [-0.25, -0.2) is 8.42 Å². The van der Waals surface area contributed by atoms with Crippen LogP contribution in [0.1, 0.15) is 34.3 Å². The van der Waals surface area contributed by atoms with Gasteiger partial charge in [-0.1, -0.05) is 6.07 Å². The van der Waals surface area contributed by atoms with E-state index in [0.29, 0.717) is 33.8 Å². The lowest BCUT2D eigenvalue weighted by atomic mass is 10.1. The van der Waals surface area contributed by atoms with Crippen LogP contribution in [0.5, 0.6) is 5.75 Å². The number of amides is 1. The molecule has 0 spiro atoms. The van der Waals surface area contributed by atoms with Crippen molar-refractivity contribution >= 4 is 43.2 Å². The number of halogens is 1. The van der Waals surface area contributed by atoms with Gasteiger partial charge in [0, 0.05) is 23.5 Å². The average Bonchev–Trinajstić information content (AvgIpc) is 3.34. The molecule has 1 amide bonds. The first-order valence-electron chi connectivity index (χ1n) is 11.3. The maximum atomic E-state index is 12.7. The van der Waals surface area contributed by atoms with Crippen LogP contribution in [-0.4, -0.2) is 33.6 Å². The van der Waals surface area contributed by atoms with E-state index in [1.54, 1.807) is 42.5 Å². The lowest BCUT2D eigenvalue weighted by molar-refractivity contribution is 0.0677. The van der Waals surface area contributed by atoms with Crippen LogP contribution < -0.4 is 14.8 Å². The Hall–Kier alpha value is -2.88. The minimum Gasteiger partial charge on any atom is -0.490 e. The second-order valence-corrected chi connectivity index (χ2v) is 11.0. The van der Waals surface area contributed by atoms with Crippen molar-refractivity contribution in [1.82, 2.24) is 0 Å². The van der Waals surface area contributed by atoms with Crippen LogP contribution in [-0.2, 0) is 14.8 Å². The van der Waals surface area contributed by atoms with Gasteiger partial charge in [-0.15, -0.1) is 0 Å². The summed E-state index contributed by atoms with van der Waals surface area (Å²) in [6.45, 7) is 5.13. The molecule has 1 heterocycles. The molecule has 35 heavy (non-hydrogen) atoms. The number of sulfonamides is 1. The highest BCUT2D eigenvalue weighted by molar-refractivity contribution is 9.10. The number of hydrogen-bond acceptors (Lipinski definition) is 5. The van der Waals surface area contributed by atoms with Crippen molar-refractivity contribution < 1.29 is 22.7 Å². The van der Waals surface area contributed by atoms with Gasteiger partial charge in [0.05, 0.1) is 15.5 Å². The summed E-state index contributed by atoms with van der Waals surface area (Å²) in [4.78, 5) is 12.8. The monoisotopic (exact) mass is 558 g/mol. The predicted octanol–water partition coefficient (Wildman–Crippen LogP) is 5.68. The molecular formula is C26H27BrN2O5S. The molecule has 0 aliphatic carbocycles. The normalized spacial score (nSPS) is 15.6. The Kier molecular flexibility index (Phi) is 7.78. The van der Waals surface area contributed by atoms with E-state index >= 15 is 0 Å². The fourth-order valence-corrected chi connectivity index (χ4v) is 5.20. The smallest absolute Gasteiger partial charge is 0.261 e. The summed E-state index contributed by atoms with van der Waals surface area (Å²) in [5.74, 6) is 0.322. The molecule has 1 atom stereocenters. The maximum Gasteiger partial charge on any atom is 0.261 e. The third kappa shape index (κ3) is 6.42. The van der Waals surface area contributed by atoms with Gasteiger partial charge in [-0.3, -0.25) is 9.52 Å². The molecule has 0 bridgehead atoms. The number of anilines is 2. The van der Waals surface area contributed by atoms with E-state index in [9.17, 15) is 13.2 Å². The van der Waals surface area contributed by atoms with Gasteiger partial charge in [0.25, 0.3) is 15.9 Å². The first kappa shape index (κ1) is 25.2. The Morgan fingerprint density at radius 1 is 1.03 bits per heavy atom. The fraction of sp³-hybridized carbons (Fsp3) is 0.269. The molecule has 1 aliphatic rings. The zero-order valence-corrected chi connectivity index (χ0v) is 21.9. The molecule has 2 N–H and O–H groups in total. The van der Waals surface area contributed by atoms with Crippen molar-refractivity contribution in [3.63, 3.8) is 0 Å². The lowest BCUT2D eigenvalue weighted by Gasteiger charge is -2.13. The first-order valence-corrected chi connectivity index (χ1v) is 13.5. The van der Waals surface area contributed by atoms with Gasteiger partial charge in [-0.05, 0) is 108 Å². The molecule has 1 saturated heterocycles. The zero-order valence-electron chi connectivity index (χ0n) is 19.5. The van der Waals surface area contributed by atoms with Crippen molar-refractivity contribution in [3.05, 3.63) is 81.8 Å². The second-order valence-electron chi connectivity index (χ2n) is 8.47. The van der Waals surface area contributed by atoms with Gasteiger partial charge in [-0.2, -0.15) is 0 Å². The van der Waals surface area contributed by atoms with Crippen molar-refractivity contribution in [2.45, 2.75) is 37.7 Å². The lowest BCUT2D eigenvalue weighted by Crippen LogP contribution is -2.17. The van der Waals surface area contributed by atoms with Crippen LogP contribution >= 0.6 is 15.9 Å². The highest BCUT2D eigenvalue weighted by Crippen LogP contribution is 2.28. The molecule has 184 valence electrons. The maximum absolute atomic E-state index is 12.7. The molecule has 3 aromatic rings. The summed E-state index contributed by atoms with van der Waals surface area (Å²) in [7, 11) is -3.75. The molecular weight excluding hydrogens is 532 g/mol. The number of carbonyl (C=O) groups excluding carboxylic acids is 1. The quantitative estimate of drug-likeness (QED) is 0.371. The number of aryl methyl sites for hydroxylation is 2. The van der Waals surface area contributed by atoms with Gasteiger partial charge in [0.15, 0.2) is 0 Å². The van der Waals surface area contributed by atoms with E-state index in [1.807, 2.05) is 19.9 Å². The number of rotatable bonds is 8. The summed E-state index contributed by atoms with van der Waals surface area (Å²) in [5.41, 5.74) is 3.50. The largest absolute Gasteiger partial charge is 0.490 e. The van der Waals surface area contributed by atoms with Crippen LogP contribution in [0.15, 0.2) is 70.0 Å². The number of nitrogens with one attached hydrogen (secondary N) is 2. The summed E-state index contributed by atoms with van der Waals surface area (Å²) in [5, 5.41) is 2.79. The topological polar surface area (TPSA) is 93.7 Å². The Bertz CT molecular complexity index is 1320. The minimum atomic E-state index is -3.75. The molecule has 0 saturated carbocycles. The Morgan fingerprint density at radius 3 is 2.43 bits per heavy atom. The molecule has 1 fully saturated rings. The molecule has 9 heteroatoms. The molecule has 4 rings (SSSR count). The summed E-state index contributed by atoms with van der Waals surface area (Å²) >= 11 is 3.46. The molecule has 0 aromatic heterocycles. The molecule has 0 radical (unpaired) electrons. The number of ether oxygens (including phenoxy) is 2. The Balaban J connectivity index is 1.38. The summed E-state index contributed by atoms with van der Waals surface area (Å²) < 4.78 is 40.1. The molecule has 1 aliphatic heterocycles. The highest BCUT2D eigenvalue weighted by atomic mass is 79.9. The van der Waals surface area contributed by atoms with E-state index in [1.165, 1.54) is 12.1 Å². The summed E-state index contributed by atoms with van der Waals surface area (Å²) in [6.07, 6.45) is 2.14. The molecule has 1 unspecified atom stereocenters. The Labute approximate surface area is 214 Å². The summed E-state index contributed by atoms with van der Waals surface area (Å²) in [6, 6.07) is 16.5. The molecule has 3 aromatic carbocycles. The van der Waals surface area contributed by atoms with Crippen molar-refractivity contribution in [2.75, 3.05) is 23.3 Å². The van der Waals surface area contributed by atoms with E-state index in [2.05, 4.69) is 26.0 Å². The van der Waals surface area contributed by atoms with Crippen LogP contribution in [0.3, 0.4) is 0 Å². The van der Waals surface area contributed by atoms with E-state index in [4.69, 9.17) is 9.47 Å². The van der Waals surface area contributed by atoms with Gasteiger partial charge < -0.3 is 14.8 Å². The standard InChI is InChI=1S/C26H27BrN2O5S/c1-17-5-7-21(14-18(17)2)29-35(31,32)23-10-8-20(9-11-23)28-26(30)19-6-12-25(24(27)15-19)34-16-22-4-3-13-33-22/h5-12,14-15,22,29H,3-4,13,16H2,1-2H3,(H,28,30). The van der Waals surface area contributed by atoms with Gasteiger partial charge in [0.2, 0.25) is 0 Å². The number of benzene rings is 3. The number of hydrogen-bond donors (Lipinski definition) is 2. The van der Waals surface area contributed by atoms with E-state index < -0.39 is 10.0 Å². The van der Waals surface area contributed by atoms with Crippen molar-refractivity contribution in [3.8, 4) is 5.75 Å². The second kappa shape index (κ2) is 10.8. The fourth-order valence-electron chi connectivity index (χ4n) is 3.66. The number of carbonyl (C=O) groups is 1. The van der Waals surface area contributed by atoms with Crippen LogP contribution in [0.25, 0.3) is 0 Å². The predicted molar refractivity (Wildman–Crippen MR) is 140 cm³/mol. The third-order valence-electron chi connectivity index (χ3n) is 5.82. The minimum absolute atomic E-state index is 0.101. The highest BCUT2D eigenvalue weighted by Gasteiger charge is 2.18. The van der Waals surface area contributed by atoms with E-state index in [-0.39, 0.29) is 16.9 Å². The van der Waals surface area contributed by atoms with Gasteiger partial charge in [0.1, 0.15) is 12.4 Å². The van der Waals surface area contributed by atoms with Crippen molar-refractivity contribution in [2.24, 2.45) is 0 Å². The SMILES string of the molecule is Cc1ccc(NS(=O)(=O)c2ccc(NC(=O)c3ccc(OCC4CCCO4)c(Br)c3)cc2)cc1C. The third-order valence-corrected chi connectivity index (χ3v) is 7.84.